The van der Waals surface area contributed by atoms with E-state index in [1.807, 2.05) is 19.1 Å². The van der Waals surface area contributed by atoms with Gasteiger partial charge < -0.3 is 19.5 Å². The minimum Gasteiger partial charge on any atom is -0.493 e. The lowest BCUT2D eigenvalue weighted by atomic mass is 10.2. The van der Waals surface area contributed by atoms with Crippen LogP contribution in [0.1, 0.15) is 28.5 Å². The molecule has 8 heteroatoms. The normalized spacial score (nSPS) is 11.5. The van der Waals surface area contributed by atoms with Gasteiger partial charge in [0.1, 0.15) is 0 Å². The SMILES string of the molecule is COc1ccc(CNC(=O)[C@@H](C)OC(=O)c2ccc(-n3nccc3C)cc2)cc1OC. The molecule has 1 aromatic heterocycles. The van der Waals surface area contributed by atoms with Crippen LogP contribution in [0.5, 0.6) is 11.5 Å². The number of methoxy groups -OCH3 is 2. The van der Waals surface area contributed by atoms with E-state index in [0.29, 0.717) is 17.1 Å². The molecule has 1 atom stereocenters. The summed E-state index contributed by atoms with van der Waals surface area (Å²) in [6.07, 6.45) is 0.764. The number of aromatic nitrogens is 2. The molecule has 3 aromatic rings. The number of hydrogen-bond acceptors (Lipinski definition) is 6. The average molecular weight is 423 g/mol. The predicted molar refractivity (Wildman–Crippen MR) is 115 cm³/mol. The zero-order valence-electron chi connectivity index (χ0n) is 17.9. The van der Waals surface area contributed by atoms with Gasteiger partial charge in [-0.1, -0.05) is 6.07 Å². The van der Waals surface area contributed by atoms with E-state index in [2.05, 4.69) is 10.4 Å². The van der Waals surface area contributed by atoms with Gasteiger partial charge in [0, 0.05) is 18.4 Å². The molecule has 0 unspecified atom stereocenters. The van der Waals surface area contributed by atoms with E-state index in [0.717, 1.165) is 16.9 Å². The van der Waals surface area contributed by atoms with Gasteiger partial charge in [0.15, 0.2) is 17.6 Å². The Labute approximate surface area is 180 Å². The first-order chi connectivity index (χ1) is 14.9. The number of nitrogens with one attached hydrogen (secondary N) is 1. The first kappa shape index (κ1) is 21.9. The molecule has 2 aromatic carbocycles. The molecule has 0 aliphatic carbocycles. The fourth-order valence-corrected chi connectivity index (χ4v) is 2.98. The molecular formula is C23H25N3O5. The largest absolute Gasteiger partial charge is 0.493 e. The summed E-state index contributed by atoms with van der Waals surface area (Å²) >= 11 is 0. The number of rotatable bonds is 8. The van der Waals surface area contributed by atoms with Gasteiger partial charge in [-0.2, -0.15) is 5.10 Å². The number of amides is 1. The number of benzene rings is 2. The molecule has 0 bridgehead atoms. The predicted octanol–water partition coefficient (Wildman–Crippen LogP) is 3.06. The third kappa shape index (κ3) is 5.22. The van der Waals surface area contributed by atoms with Crippen molar-refractivity contribution in [1.82, 2.24) is 15.1 Å². The lowest BCUT2D eigenvalue weighted by molar-refractivity contribution is -0.129. The van der Waals surface area contributed by atoms with Crippen molar-refractivity contribution in [3.05, 3.63) is 71.5 Å². The summed E-state index contributed by atoms with van der Waals surface area (Å²) in [5, 5.41) is 6.98. The van der Waals surface area contributed by atoms with Crippen molar-refractivity contribution in [2.75, 3.05) is 14.2 Å². The van der Waals surface area contributed by atoms with Crippen LogP contribution in [0.4, 0.5) is 0 Å². The molecule has 0 radical (unpaired) electrons. The van der Waals surface area contributed by atoms with E-state index < -0.39 is 18.0 Å². The fourth-order valence-electron chi connectivity index (χ4n) is 2.98. The number of nitrogens with zero attached hydrogens (tertiary/aromatic N) is 2. The molecule has 1 amide bonds. The molecule has 0 saturated carbocycles. The Hall–Kier alpha value is -3.81. The lowest BCUT2D eigenvalue weighted by Crippen LogP contribution is -2.35. The number of hydrogen-bond donors (Lipinski definition) is 1. The number of esters is 1. The maximum Gasteiger partial charge on any atom is 0.338 e. The summed E-state index contributed by atoms with van der Waals surface area (Å²) in [6.45, 7) is 3.74. The van der Waals surface area contributed by atoms with Crippen molar-refractivity contribution in [2.45, 2.75) is 26.5 Å². The van der Waals surface area contributed by atoms with Crippen LogP contribution in [0, 0.1) is 6.92 Å². The first-order valence-corrected chi connectivity index (χ1v) is 9.73. The maximum atomic E-state index is 12.4. The smallest absolute Gasteiger partial charge is 0.338 e. The zero-order chi connectivity index (χ0) is 22.4. The van der Waals surface area contributed by atoms with Crippen molar-refractivity contribution in [3.63, 3.8) is 0 Å². The summed E-state index contributed by atoms with van der Waals surface area (Å²) in [5.41, 5.74) is 3.00. The van der Waals surface area contributed by atoms with E-state index in [1.165, 1.54) is 6.92 Å². The number of carbonyl (C=O) groups is 2. The number of ether oxygens (including phenoxy) is 3. The van der Waals surface area contributed by atoms with Crippen LogP contribution >= 0.6 is 0 Å². The van der Waals surface area contributed by atoms with Crippen LogP contribution < -0.4 is 14.8 Å². The quantitative estimate of drug-likeness (QED) is 0.560. The highest BCUT2D eigenvalue weighted by Crippen LogP contribution is 2.27. The molecule has 3 rings (SSSR count). The molecule has 0 spiro atoms. The Morgan fingerprint density at radius 2 is 1.74 bits per heavy atom. The number of carbonyl (C=O) groups excluding carboxylic acids is 2. The Balaban J connectivity index is 1.55. The van der Waals surface area contributed by atoms with Gasteiger partial charge in [0.2, 0.25) is 0 Å². The van der Waals surface area contributed by atoms with Gasteiger partial charge in [-0.05, 0) is 61.9 Å². The summed E-state index contributed by atoms with van der Waals surface area (Å²) in [6, 6.07) is 14.1. The average Bonchev–Trinajstić information content (AvgIpc) is 3.22. The lowest BCUT2D eigenvalue weighted by Gasteiger charge is -2.14. The van der Waals surface area contributed by atoms with Crippen LogP contribution in [-0.4, -0.2) is 42.0 Å². The van der Waals surface area contributed by atoms with E-state index in [-0.39, 0.29) is 6.54 Å². The molecule has 0 aliphatic heterocycles. The van der Waals surface area contributed by atoms with Gasteiger partial charge in [-0.25, -0.2) is 9.48 Å². The van der Waals surface area contributed by atoms with Crippen LogP contribution in [0.2, 0.25) is 0 Å². The molecule has 0 saturated heterocycles. The molecule has 8 nitrogen and oxygen atoms in total. The zero-order valence-corrected chi connectivity index (χ0v) is 17.9. The Kier molecular flexibility index (Phi) is 6.92. The highest BCUT2D eigenvalue weighted by atomic mass is 16.5. The van der Waals surface area contributed by atoms with Gasteiger partial charge in [0.25, 0.3) is 5.91 Å². The molecule has 162 valence electrons. The number of aryl methyl sites for hydroxylation is 1. The van der Waals surface area contributed by atoms with Crippen LogP contribution in [0.15, 0.2) is 54.7 Å². The minimum absolute atomic E-state index is 0.263. The first-order valence-electron chi connectivity index (χ1n) is 9.73. The molecule has 1 N–H and O–H groups in total. The van der Waals surface area contributed by atoms with Gasteiger partial charge in [0.05, 0.1) is 25.5 Å². The second kappa shape index (κ2) is 9.80. The van der Waals surface area contributed by atoms with Crippen molar-refractivity contribution in [1.29, 1.82) is 0 Å². The van der Waals surface area contributed by atoms with Crippen molar-refractivity contribution >= 4 is 11.9 Å². The van der Waals surface area contributed by atoms with Crippen LogP contribution in [-0.2, 0) is 16.1 Å². The Morgan fingerprint density at radius 3 is 2.35 bits per heavy atom. The topological polar surface area (TPSA) is 91.7 Å². The van der Waals surface area contributed by atoms with Gasteiger partial charge in [-0.3, -0.25) is 4.79 Å². The molecule has 1 heterocycles. The minimum atomic E-state index is -0.944. The third-order valence-electron chi connectivity index (χ3n) is 4.75. The van der Waals surface area contributed by atoms with Crippen molar-refractivity contribution in [2.24, 2.45) is 0 Å². The summed E-state index contributed by atoms with van der Waals surface area (Å²) in [5.74, 6) is 0.209. The van der Waals surface area contributed by atoms with E-state index in [9.17, 15) is 9.59 Å². The van der Waals surface area contributed by atoms with E-state index >= 15 is 0 Å². The van der Waals surface area contributed by atoms with E-state index in [1.54, 1.807) is 61.5 Å². The third-order valence-corrected chi connectivity index (χ3v) is 4.75. The monoisotopic (exact) mass is 423 g/mol. The van der Waals surface area contributed by atoms with E-state index in [4.69, 9.17) is 14.2 Å². The Morgan fingerprint density at radius 1 is 1.03 bits per heavy atom. The molecule has 0 fully saturated rings. The van der Waals surface area contributed by atoms with Crippen molar-refractivity contribution in [3.8, 4) is 17.2 Å². The summed E-state index contributed by atoms with van der Waals surface area (Å²) in [7, 11) is 3.10. The molecule has 0 aliphatic rings. The summed E-state index contributed by atoms with van der Waals surface area (Å²) < 4.78 is 17.5. The second-order valence-electron chi connectivity index (χ2n) is 6.89. The maximum absolute atomic E-state index is 12.4. The fraction of sp³-hybridized carbons (Fsp3) is 0.261. The summed E-state index contributed by atoms with van der Waals surface area (Å²) in [4.78, 5) is 24.7. The molecule has 31 heavy (non-hydrogen) atoms. The van der Waals surface area contributed by atoms with Gasteiger partial charge in [-0.15, -0.1) is 0 Å². The van der Waals surface area contributed by atoms with Gasteiger partial charge >= 0.3 is 5.97 Å². The highest BCUT2D eigenvalue weighted by molar-refractivity contribution is 5.92. The standard InChI is InChI=1S/C23H25N3O5/c1-15-11-12-25-26(15)19-8-6-18(7-9-19)23(28)31-16(2)22(27)24-14-17-5-10-20(29-3)21(13-17)30-4/h5-13,16H,14H2,1-4H3,(H,24,27)/t16-/m1/s1. The molecular weight excluding hydrogens is 398 g/mol. The van der Waals surface area contributed by atoms with Crippen LogP contribution in [0.3, 0.4) is 0 Å². The second-order valence-corrected chi connectivity index (χ2v) is 6.89. The van der Waals surface area contributed by atoms with Crippen molar-refractivity contribution < 1.29 is 23.8 Å². The highest BCUT2D eigenvalue weighted by Gasteiger charge is 2.19. The van der Waals surface area contributed by atoms with Crippen LogP contribution in [0.25, 0.3) is 5.69 Å². The Bertz CT molecular complexity index is 1060.